The third kappa shape index (κ3) is 1.78. The molecule has 1 unspecified atom stereocenters. The van der Waals surface area contributed by atoms with E-state index in [1.54, 1.807) is 23.2 Å². The van der Waals surface area contributed by atoms with Crippen LogP contribution in [0.3, 0.4) is 0 Å². The maximum Gasteiger partial charge on any atom is 0.257 e. The highest BCUT2D eigenvalue weighted by Gasteiger charge is 2.34. The van der Waals surface area contributed by atoms with E-state index in [1.165, 1.54) is 12.7 Å². The number of carbonyl (C=O) groups is 1. The highest BCUT2D eigenvalue weighted by atomic mass is 16.5. The minimum atomic E-state index is -0.0997. The van der Waals surface area contributed by atoms with E-state index < -0.39 is 0 Å². The number of benzene rings is 1. The minimum Gasteiger partial charge on any atom is -0.503 e. The summed E-state index contributed by atoms with van der Waals surface area (Å²) in [6.07, 6.45) is 4.58. The van der Waals surface area contributed by atoms with Crippen LogP contribution in [-0.2, 0) is 0 Å². The molecule has 1 amide bonds. The number of rotatable bonds is 1. The summed E-state index contributed by atoms with van der Waals surface area (Å²) < 4.78 is 5.06. The predicted octanol–water partition coefficient (Wildman–Crippen LogP) is 2.28. The third-order valence-corrected chi connectivity index (χ3v) is 3.85. The van der Waals surface area contributed by atoms with Crippen LogP contribution in [0, 0.1) is 0 Å². The Morgan fingerprint density at radius 3 is 3.00 bits per heavy atom. The van der Waals surface area contributed by atoms with Gasteiger partial charge < -0.3 is 14.7 Å². The first-order valence-corrected chi connectivity index (χ1v) is 6.55. The van der Waals surface area contributed by atoms with Crippen LogP contribution in [0.15, 0.2) is 28.8 Å². The summed E-state index contributed by atoms with van der Waals surface area (Å²) >= 11 is 0. The van der Waals surface area contributed by atoms with E-state index in [4.69, 9.17) is 4.74 Å². The van der Waals surface area contributed by atoms with Crippen molar-refractivity contribution in [1.82, 2.24) is 4.90 Å². The molecule has 20 heavy (non-hydrogen) atoms. The van der Waals surface area contributed by atoms with Crippen LogP contribution in [0.2, 0.25) is 0 Å². The first kappa shape index (κ1) is 12.7. The van der Waals surface area contributed by atoms with Crippen LogP contribution in [0.25, 0.3) is 0 Å². The summed E-state index contributed by atoms with van der Waals surface area (Å²) in [5.74, 6) is 0.143. The molecule has 1 fully saturated rings. The van der Waals surface area contributed by atoms with E-state index in [9.17, 15) is 9.90 Å². The second-order valence-corrected chi connectivity index (χ2v) is 4.94. The molecular weight excluding hydrogens is 256 g/mol. The van der Waals surface area contributed by atoms with Crippen LogP contribution < -0.4 is 4.74 Å². The summed E-state index contributed by atoms with van der Waals surface area (Å²) in [5.41, 5.74) is 1.95. The molecule has 0 bridgehead atoms. The number of hydrogen-bond donors (Lipinski definition) is 1. The summed E-state index contributed by atoms with van der Waals surface area (Å²) in [5, 5.41) is 10.1. The number of aromatic hydroxyl groups is 1. The largest absolute Gasteiger partial charge is 0.503 e. The third-order valence-electron chi connectivity index (χ3n) is 3.85. The van der Waals surface area contributed by atoms with Crippen LogP contribution >= 0.6 is 0 Å². The predicted molar refractivity (Wildman–Crippen MR) is 76.0 cm³/mol. The molecule has 0 aliphatic carbocycles. The van der Waals surface area contributed by atoms with E-state index in [-0.39, 0.29) is 17.7 Å². The van der Waals surface area contributed by atoms with Gasteiger partial charge in [0.1, 0.15) is 5.69 Å². The molecule has 104 valence electrons. The standard InChI is InChI=1S/C15H16N2O3/c1-3-9-6-10-7-16-13-11(15(19)17(10)8-9)4-5-12(20-2)14(13)18/h3-5,7,10,18H,6,8H2,1-2H3. The fraction of sp³-hybridized carbons (Fsp3) is 0.333. The lowest BCUT2D eigenvalue weighted by Gasteiger charge is -2.19. The van der Waals surface area contributed by atoms with Crippen molar-refractivity contribution in [2.75, 3.05) is 13.7 Å². The van der Waals surface area contributed by atoms with Crippen LogP contribution in [0.1, 0.15) is 23.7 Å². The van der Waals surface area contributed by atoms with Crippen LogP contribution in [-0.4, -0.2) is 41.8 Å². The SMILES string of the molecule is CC=C1CC2C=Nc3c(ccc(OC)c3O)C(=O)N2C1. The van der Waals surface area contributed by atoms with Gasteiger partial charge >= 0.3 is 0 Å². The summed E-state index contributed by atoms with van der Waals surface area (Å²) in [4.78, 5) is 18.7. The number of phenolic OH excluding ortho intramolecular Hbond substituents is 1. The first-order chi connectivity index (χ1) is 9.65. The van der Waals surface area contributed by atoms with Gasteiger partial charge in [-0.2, -0.15) is 0 Å². The van der Waals surface area contributed by atoms with Gasteiger partial charge in [-0.15, -0.1) is 0 Å². The molecule has 5 nitrogen and oxygen atoms in total. The summed E-state index contributed by atoms with van der Waals surface area (Å²) in [7, 11) is 1.47. The zero-order valence-corrected chi connectivity index (χ0v) is 11.5. The molecule has 2 heterocycles. The molecule has 2 aliphatic heterocycles. The Labute approximate surface area is 117 Å². The molecule has 0 spiro atoms. The Bertz CT molecular complexity index is 634. The lowest BCUT2D eigenvalue weighted by molar-refractivity contribution is 0.0777. The molecule has 1 aromatic carbocycles. The van der Waals surface area contributed by atoms with Gasteiger partial charge in [0.05, 0.1) is 18.7 Å². The fourth-order valence-corrected chi connectivity index (χ4v) is 2.69. The minimum absolute atomic E-state index is 0.0357. The molecule has 0 saturated carbocycles. The van der Waals surface area contributed by atoms with Crippen molar-refractivity contribution in [3.8, 4) is 11.5 Å². The number of nitrogens with zero attached hydrogens (tertiary/aromatic N) is 2. The van der Waals surface area contributed by atoms with E-state index in [1.807, 2.05) is 13.0 Å². The second kappa shape index (κ2) is 4.67. The van der Waals surface area contributed by atoms with Crippen molar-refractivity contribution < 1.29 is 14.6 Å². The highest BCUT2D eigenvalue weighted by Crippen LogP contribution is 2.41. The fourth-order valence-electron chi connectivity index (χ4n) is 2.69. The van der Waals surface area contributed by atoms with Crippen molar-refractivity contribution in [3.63, 3.8) is 0 Å². The molecule has 0 aromatic heterocycles. The molecule has 5 heteroatoms. The lowest BCUT2D eigenvalue weighted by Crippen LogP contribution is -2.35. The number of fused-ring (bicyclic) bond motifs is 2. The van der Waals surface area contributed by atoms with Crippen molar-refractivity contribution in [3.05, 3.63) is 29.3 Å². The number of amides is 1. The smallest absolute Gasteiger partial charge is 0.257 e. The van der Waals surface area contributed by atoms with Gasteiger partial charge in [0, 0.05) is 12.8 Å². The number of allylic oxidation sites excluding steroid dienone is 1. The topological polar surface area (TPSA) is 62.1 Å². The van der Waals surface area contributed by atoms with Gasteiger partial charge in [0.15, 0.2) is 11.5 Å². The molecule has 2 aliphatic rings. The summed E-state index contributed by atoms with van der Waals surface area (Å²) in [6.45, 7) is 2.60. The second-order valence-electron chi connectivity index (χ2n) is 4.94. The maximum absolute atomic E-state index is 12.6. The zero-order chi connectivity index (χ0) is 14.3. The van der Waals surface area contributed by atoms with E-state index in [0.29, 0.717) is 23.5 Å². The molecule has 1 aromatic rings. The average Bonchev–Trinajstić information content (AvgIpc) is 2.83. The maximum atomic E-state index is 12.6. The number of hydrogen-bond acceptors (Lipinski definition) is 4. The van der Waals surface area contributed by atoms with Crippen LogP contribution in [0.5, 0.6) is 11.5 Å². The Morgan fingerprint density at radius 1 is 1.50 bits per heavy atom. The summed E-state index contributed by atoms with van der Waals surface area (Å²) in [6, 6.07) is 3.21. The lowest BCUT2D eigenvalue weighted by atomic mass is 10.1. The molecule has 1 N–H and O–H groups in total. The van der Waals surface area contributed by atoms with E-state index >= 15 is 0 Å². The normalized spacial score (nSPS) is 22.7. The number of ether oxygens (including phenoxy) is 1. The van der Waals surface area contributed by atoms with Gasteiger partial charge in [-0.3, -0.25) is 9.79 Å². The van der Waals surface area contributed by atoms with Gasteiger partial charge in [0.2, 0.25) is 0 Å². The average molecular weight is 272 g/mol. The van der Waals surface area contributed by atoms with Crippen molar-refractivity contribution in [2.24, 2.45) is 4.99 Å². The monoisotopic (exact) mass is 272 g/mol. The van der Waals surface area contributed by atoms with E-state index in [0.717, 1.165) is 6.42 Å². The number of aliphatic imine (C=N–C) groups is 1. The van der Waals surface area contributed by atoms with Crippen LogP contribution in [0.4, 0.5) is 5.69 Å². The Balaban J connectivity index is 2.09. The number of phenols is 1. The Kier molecular flexibility index (Phi) is 2.97. The van der Waals surface area contributed by atoms with Gasteiger partial charge in [-0.1, -0.05) is 11.6 Å². The molecule has 3 rings (SSSR count). The molecular formula is C15H16N2O3. The quantitative estimate of drug-likeness (QED) is 0.798. The molecule has 1 saturated heterocycles. The van der Waals surface area contributed by atoms with Gasteiger partial charge in [-0.25, -0.2) is 0 Å². The molecule has 0 radical (unpaired) electrons. The highest BCUT2D eigenvalue weighted by molar-refractivity contribution is 6.04. The Hall–Kier alpha value is -2.30. The number of methoxy groups -OCH3 is 1. The van der Waals surface area contributed by atoms with Crippen molar-refractivity contribution in [2.45, 2.75) is 19.4 Å². The number of carbonyl (C=O) groups excluding carboxylic acids is 1. The first-order valence-electron chi connectivity index (χ1n) is 6.55. The molecule has 1 atom stereocenters. The van der Waals surface area contributed by atoms with Crippen molar-refractivity contribution >= 4 is 17.8 Å². The zero-order valence-electron chi connectivity index (χ0n) is 11.5. The van der Waals surface area contributed by atoms with Gasteiger partial charge in [0.25, 0.3) is 5.91 Å². The van der Waals surface area contributed by atoms with Gasteiger partial charge in [-0.05, 0) is 25.5 Å². The Morgan fingerprint density at radius 2 is 2.30 bits per heavy atom. The van der Waals surface area contributed by atoms with E-state index in [2.05, 4.69) is 4.99 Å². The van der Waals surface area contributed by atoms with Crippen molar-refractivity contribution in [1.29, 1.82) is 0 Å².